The van der Waals surface area contributed by atoms with Crippen molar-refractivity contribution < 1.29 is 28.4 Å². The van der Waals surface area contributed by atoms with Gasteiger partial charge in [-0.2, -0.15) is 0 Å². The summed E-state index contributed by atoms with van der Waals surface area (Å²) in [6, 6.07) is -0.887. The van der Waals surface area contributed by atoms with E-state index in [0.717, 1.165) is 64.2 Å². The normalized spacial score (nSPS) is 14.7. The summed E-state index contributed by atoms with van der Waals surface area (Å²) in [4.78, 5) is 22.6. The van der Waals surface area contributed by atoms with Crippen LogP contribution in [0, 0.1) is 0 Å². The van der Waals surface area contributed by atoms with Crippen molar-refractivity contribution >= 4 is 13.7 Å². The summed E-state index contributed by atoms with van der Waals surface area (Å²) in [5, 5.41) is 13.6. The van der Waals surface area contributed by atoms with Gasteiger partial charge in [0.05, 0.1) is 25.4 Å². The summed E-state index contributed by atoms with van der Waals surface area (Å²) in [5.74, 6) is -0.219. The van der Waals surface area contributed by atoms with Crippen molar-refractivity contribution in [2.24, 2.45) is 5.73 Å². The Bertz CT molecular complexity index is 938. The van der Waals surface area contributed by atoms with Gasteiger partial charge in [-0.15, -0.1) is 0 Å². The summed E-state index contributed by atoms with van der Waals surface area (Å²) in [7, 11) is -4.35. The Morgan fingerprint density at radius 2 is 1.04 bits per heavy atom. The number of hydrogen-bond donors (Lipinski definition) is 4. The van der Waals surface area contributed by atoms with Gasteiger partial charge in [0.2, 0.25) is 5.91 Å². The first-order chi connectivity index (χ1) is 24.9. The van der Waals surface area contributed by atoms with E-state index in [-0.39, 0.29) is 25.7 Å². The van der Waals surface area contributed by atoms with E-state index >= 15 is 0 Å². The van der Waals surface area contributed by atoms with E-state index in [1.54, 1.807) is 6.08 Å². The lowest BCUT2D eigenvalue weighted by atomic mass is 10.1. The van der Waals surface area contributed by atoms with Crippen LogP contribution in [0.15, 0.2) is 48.6 Å². The SMILES string of the molecule is CCCCCCCC/C=C/CC/C=C/CC/C=C/C(O)C(COP(=O)(O)OCCN)NC(=O)CCCCCCC/C=C\CCCCCCCCC. The first-order valence-electron chi connectivity index (χ1n) is 20.8. The molecule has 0 saturated carbocycles. The Balaban J connectivity index is 4.36. The van der Waals surface area contributed by atoms with Crippen molar-refractivity contribution in [3.63, 3.8) is 0 Å². The fraction of sp³-hybridized carbons (Fsp3) is 0.786. The number of hydrogen-bond acceptors (Lipinski definition) is 6. The van der Waals surface area contributed by atoms with E-state index in [1.165, 1.54) is 96.3 Å². The molecule has 0 bridgehead atoms. The van der Waals surface area contributed by atoms with Gasteiger partial charge in [0.25, 0.3) is 0 Å². The molecule has 0 spiro atoms. The Morgan fingerprint density at radius 3 is 1.51 bits per heavy atom. The number of amides is 1. The molecule has 0 fully saturated rings. The van der Waals surface area contributed by atoms with Crippen molar-refractivity contribution in [2.75, 3.05) is 19.8 Å². The Kier molecular flexibility index (Phi) is 37.0. The minimum absolute atomic E-state index is 0.0693. The molecule has 0 aromatic rings. The average Bonchev–Trinajstić information content (AvgIpc) is 3.12. The van der Waals surface area contributed by atoms with Crippen LogP contribution >= 0.6 is 7.82 Å². The van der Waals surface area contributed by atoms with Crippen molar-refractivity contribution in [3.8, 4) is 0 Å². The topological polar surface area (TPSA) is 131 Å². The van der Waals surface area contributed by atoms with E-state index in [2.05, 4.69) is 55.6 Å². The van der Waals surface area contributed by atoms with Gasteiger partial charge in [0.1, 0.15) is 0 Å². The number of aliphatic hydroxyl groups is 1. The van der Waals surface area contributed by atoms with Crippen LogP contribution in [0.2, 0.25) is 0 Å². The largest absolute Gasteiger partial charge is 0.472 e. The Hall–Kier alpha value is -1.54. The van der Waals surface area contributed by atoms with Gasteiger partial charge in [-0.1, -0.05) is 152 Å². The number of phosphoric acid groups is 1. The molecule has 3 atom stereocenters. The lowest BCUT2D eigenvalue weighted by Crippen LogP contribution is -2.45. The number of carbonyl (C=O) groups is 1. The highest BCUT2D eigenvalue weighted by molar-refractivity contribution is 7.47. The van der Waals surface area contributed by atoms with Gasteiger partial charge in [-0.25, -0.2) is 4.57 Å². The highest BCUT2D eigenvalue weighted by Gasteiger charge is 2.26. The Labute approximate surface area is 313 Å². The maximum absolute atomic E-state index is 12.7. The summed E-state index contributed by atoms with van der Waals surface area (Å²) in [6.45, 7) is 4.07. The number of nitrogens with one attached hydrogen (secondary N) is 1. The van der Waals surface area contributed by atoms with Crippen LogP contribution in [0.1, 0.15) is 181 Å². The molecule has 0 aliphatic carbocycles. The molecular formula is C42H79N2O6P. The predicted octanol–water partition coefficient (Wildman–Crippen LogP) is 11.3. The van der Waals surface area contributed by atoms with Gasteiger partial charge < -0.3 is 21.1 Å². The minimum Gasteiger partial charge on any atom is -0.387 e. The maximum atomic E-state index is 12.7. The zero-order valence-corrected chi connectivity index (χ0v) is 33.7. The molecule has 298 valence electrons. The van der Waals surface area contributed by atoms with Crippen LogP contribution in [-0.2, 0) is 18.4 Å². The highest BCUT2D eigenvalue weighted by Crippen LogP contribution is 2.43. The van der Waals surface area contributed by atoms with Crippen LogP contribution < -0.4 is 11.1 Å². The molecule has 51 heavy (non-hydrogen) atoms. The van der Waals surface area contributed by atoms with Crippen LogP contribution in [0.4, 0.5) is 0 Å². The second-order valence-corrected chi connectivity index (χ2v) is 15.3. The third-order valence-corrected chi connectivity index (χ3v) is 9.84. The summed E-state index contributed by atoms with van der Waals surface area (Å²) >= 11 is 0. The highest BCUT2D eigenvalue weighted by atomic mass is 31.2. The van der Waals surface area contributed by atoms with Crippen molar-refractivity contribution in [1.82, 2.24) is 5.32 Å². The minimum atomic E-state index is -4.35. The van der Waals surface area contributed by atoms with Gasteiger partial charge in [-0.3, -0.25) is 13.8 Å². The van der Waals surface area contributed by atoms with Crippen LogP contribution in [0.3, 0.4) is 0 Å². The number of phosphoric ester groups is 1. The van der Waals surface area contributed by atoms with Crippen LogP contribution in [0.25, 0.3) is 0 Å². The van der Waals surface area contributed by atoms with E-state index in [1.807, 2.05) is 6.08 Å². The van der Waals surface area contributed by atoms with Crippen LogP contribution in [0.5, 0.6) is 0 Å². The van der Waals surface area contributed by atoms with Gasteiger partial charge in [0, 0.05) is 13.0 Å². The summed E-state index contributed by atoms with van der Waals surface area (Å²) in [5.41, 5.74) is 5.36. The molecule has 0 aliphatic rings. The number of carbonyl (C=O) groups excluding carboxylic acids is 1. The van der Waals surface area contributed by atoms with Gasteiger partial charge >= 0.3 is 7.82 Å². The van der Waals surface area contributed by atoms with E-state index in [9.17, 15) is 19.4 Å². The average molecular weight is 739 g/mol. The van der Waals surface area contributed by atoms with Crippen LogP contribution in [-0.4, -0.2) is 47.8 Å². The fourth-order valence-electron chi connectivity index (χ4n) is 5.69. The lowest BCUT2D eigenvalue weighted by Gasteiger charge is -2.23. The van der Waals surface area contributed by atoms with E-state index in [0.29, 0.717) is 6.42 Å². The first-order valence-corrected chi connectivity index (χ1v) is 22.3. The molecule has 0 heterocycles. The van der Waals surface area contributed by atoms with E-state index in [4.69, 9.17) is 14.8 Å². The van der Waals surface area contributed by atoms with Crippen molar-refractivity contribution in [2.45, 2.75) is 193 Å². The maximum Gasteiger partial charge on any atom is 0.472 e. The molecule has 0 aromatic carbocycles. The summed E-state index contributed by atoms with van der Waals surface area (Å²) < 4.78 is 22.1. The molecule has 3 unspecified atom stereocenters. The monoisotopic (exact) mass is 739 g/mol. The molecular weight excluding hydrogens is 659 g/mol. The standard InChI is InChI=1S/C42H79N2O6P/c1-3-5-7-9-11-13-15-17-19-21-23-25-27-29-31-33-35-41(45)40(39-50-51(47,48)49-38-37-43)44-42(46)36-34-32-30-28-26-24-22-20-18-16-14-12-10-8-6-4-2/h17,19-20,22,25,27,33,35,40-41,45H,3-16,18,21,23-24,26,28-32,34,36-39,43H2,1-2H3,(H,44,46)(H,47,48)/b19-17+,22-20-,27-25+,35-33+. The molecule has 9 heteroatoms. The van der Waals surface area contributed by atoms with Gasteiger partial charge in [-0.05, 0) is 70.6 Å². The number of allylic oxidation sites excluding steroid dienone is 7. The number of nitrogens with two attached hydrogens (primary N) is 1. The molecule has 0 rings (SSSR count). The number of aliphatic hydroxyl groups excluding tert-OH is 1. The summed E-state index contributed by atoms with van der Waals surface area (Å²) in [6.07, 6.45) is 45.8. The quantitative estimate of drug-likeness (QED) is 0.0282. The first kappa shape index (κ1) is 49.5. The zero-order valence-electron chi connectivity index (χ0n) is 32.8. The fourth-order valence-corrected chi connectivity index (χ4v) is 6.45. The lowest BCUT2D eigenvalue weighted by molar-refractivity contribution is -0.123. The van der Waals surface area contributed by atoms with Crippen molar-refractivity contribution in [3.05, 3.63) is 48.6 Å². The van der Waals surface area contributed by atoms with Gasteiger partial charge in [0.15, 0.2) is 0 Å². The third kappa shape index (κ3) is 36.6. The molecule has 0 aliphatic heterocycles. The van der Waals surface area contributed by atoms with E-state index < -0.39 is 20.0 Å². The molecule has 5 N–H and O–H groups in total. The predicted molar refractivity (Wildman–Crippen MR) is 217 cm³/mol. The smallest absolute Gasteiger partial charge is 0.387 e. The number of rotatable bonds is 38. The second-order valence-electron chi connectivity index (χ2n) is 13.8. The molecule has 8 nitrogen and oxygen atoms in total. The molecule has 0 saturated heterocycles. The number of unbranched alkanes of at least 4 members (excludes halogenated alkanes) is 20. The molecule has 1 amide bonds. The van der Waals surface area contributed by atoms with Crippen molar-refractivity contribution in [1.29, 1.82) is 0 Å². The Morgan fingerprint density at radius 1 is 0.627 bits per heavy atom. The third-order valence-electron chi connectivity index (χ3n) is 8.85. The molecule has 0 aromatic heterocycles. The second kappa shape index (κ2) is 38.2. The molecule has 0 radical (unpaired) electrons. The zero-order chi connectivity index (χ0) is 37.5.